The van der Waals surface area contributed by atoms with E-state index in [9.17, 15) is 28.8 Å². The van der Waals surface area contributed by atoms with Crippen LogP contribution in [-0.2, 0) is 28.8 Å². The molecule has 0 aromatic rings. The molecule has 0 bridgehead atoms. The molecule has 0 aromatic heterocycles. The molecule has 0 aliphatic rings. The SMILES string of the molecule is CCCCCCCCCCCCCCC(=O)O.CCCCCCCCCCCCCCC(=O)O.CCCCCCCCCCCCCCC(=O)O.CCCCCCCCCCCCCCC(=O)O.CCCCCCCCCCCCCCC(=O)O.CCCCCCCCCCCCCCC(=O)O.OCC(CO)(CO)CO.OCC(CO)(CO)CO. The summed E-state index contributed by atoms with van der Waals surface area (Å²) in [5.74, 6) is -3.93. The van der Waals surface area contributed by atoms with Gasteiger partial charge in [-0.15, -0.1) is 0 Å². The monoisotopic (exact) mass is 1730 g/mol. The number of carboxylic acid groups (broad SMARTS) is 6. The van der Waals surface area contributed by atoms with E-state index in [4.69, 9.17) is 71.5 Å². The highest BCUT2D eigenvalue weighted by atomic mass is 16.4. The average Bonchev–Trinajstić information content (AvgIpc) is 0.920. The predicted molar refractivity (Wildman–Crippen MR) is 502 cm³/mol. The molecule has 120 heavy (non-hydrogen) atoms. The van der Waals surface area contributed by atoms with E-state index in [0.717, 1.165) is 77.0 Å². The highest BCUT2D eigenvalue weighted by Crippen LogP contribution is 2.20. The van der Waals surface area contributed by atoms with Crippen LogP contribution in [0, 0.1) is 10.8 Å². The normalized spacial score (nSPS) is 10.8. The maximum absolute atomic E-state index is 10.3. The number of carboxylic acids is 6. The first-order chi connectivity index (χ1) is 58.1. The van der Waals surface area contributed by atoms with Crippen LogP contribution >= 0.6 is 0 Å². The van der Waals surface area contributed by atoms with Crippen LogP contribution in [0.5, 0.6) is 0 Å². The second-order valence-electron chi connectivity index (χ2n) is 34.5. The van der Waals surface area contributed by atoms with Gasteiger partial charge in [0.05, 0.1) is 63.7 Å². The second kappa shape index (κ2) is 120. The molecule has 724 valence electrons. The Bertz CT molecular complexity index is 1590. The molecule has 0 aliphatic carbocycles. The van der Waals surface area contributed by atoms with Gasteiger partial charge in [0, 0.05) is 38.5 Å². The van der Waals surface area contributed by atoms with E-state index in [1.54, 1.807) is 0 Å². The van der Waals surface area contributed by atoms with Crippen LogP contribution < -0.4 is 0 Å². The van der Waals surface area contributed by atoms with Crippen LogP contribution in [0.3, 0.4) is 0 Å². The van der Waals surface area contributed by atoms with E-state index in [2.05, 4.69) is 41.5 Å². The summed E-state index contributed by atoms with van der Waals surface area (Å²) in [5.41, 5.74) is -2.22. The molecule has 20 nitrogen and oxygen atoms in total. The summed E-state index contributed by atoms with van der Waals surface area (Å²) in [6.07, 6.45) is 94.9. The number of hydrogen-bond acceptors (Lipinski definition) is 14. The lowest BCUT2D eigenvalue weighted by molar-refractivity contribution is -0.138. The van der Waals surface area contributed by atoms with Crippen molar-refractivity contribution in [2.45, 2.75) is 542 Å². The van der Waals surface area contributed by atoms with Gasteiger partial charge >= 0.3 is 35.8 Å². The molecular weight excluding hydrogens is 1520 g/mol. The summed E-state index contributed by atoms with van der Waals surface area (Å²) in [6, 6.07) is 0. The van der Waals surface area contributed by atoms with Crippen LogP contribution in [-0.4, -0.2) is 160 Å². The van der Waals surface area contributed by atoms with Crippen LogP contribution in [0.2, 0.25) is 0 Å². The Hall–Kier alpha value is -3.50. The zero-order valence-electron chi connectivity index (χ0n) is 79.5. The van der Waals surface area contributed by atoms with E-state index >= 15 is 0 Å². The first-order valence-electron chi connectivity index (χ1n) is 50.3. The largest absolute Gasteiger partial charge is 0.481 e. The van der Waals surface area contributed by atoms with Gasteiger partial charge in [-0.25, -0.2) is 0 Å². The summed E-state index contributed by atoms with van der Waals surface area (Å²) in [4.78, 5) is 61.7. The lowest BCUT2D eigenvalue weighted by atomic mass is 9.93. The minimum Gasteiger partial charge on any atom is -0.481 e. The summed E-state index contributed by atoms with van der Waals surface area (Å²) < 4.78 is 0. The molecule has 0 aromatic carbocycles. The maximum Gasteiger partial charge on any atom is 0.303 e. The minimum atomic E-state index is -1.11. The van der Waals surface area contributed by atoms with Gasteiger partial charge in [0.25, 0.3) is 0 Å². The highest BCUT2D eigenvalue weighted by Gasteiger charge is 2.27. The van der Waals surface area contributed by atoms with Crippen molar-refractivity contribution >= 4 is 35.8 Å². The molecule has 0 saturated heterocycles. The zero-order chi connectivity index (χ0) is 91.3. The molecule has 0 spiro atoms. The first-order valence-corrected chi connectivity index (χ1v) is 50.3. The third-order valence-electron chi connectivity index (χ3n) is 22.1. The van der Waals surface area contributed by atoms with Crippen LogP contribution in [0.1, 0.15) is 542 Å². The second-order valence-corrected chi connectivity index (χ2v) is 34.5. The topological polar surface area (TPSA) is 386 Å². The van der Waals surface area contributed by atoms with Gasteiger partial charge < -0.3 is 71.5 Å². The molecule has 0 unspecified atom stereocenters. The van der Waals surface area contributed by atoms with Crippen molar-refractivity contribution in [2.75, 3.05) is 52.9 Å². The zero-order valence-corrected chi connectivity index (χ0v) is 79.5. The number of aliphatic hydroxyl groups is 8. The van der Waals surface area contributed by atoms with Gasteiger partial charge in [-0.2, -0.15) is 0 Å². The number of rotatable bonds is 86. The van der Waals surface area contributed by atoms with Crippen LogP contribution in [0.15, 0.2) is 0 Å². The molecule has 0 radical (unpaired) electrons. The molecule has 0 heterocycles. The van der Waals surface area contributed by atoms with Gasteiger partial charge in [0.1, 0.15) is 0 Å². The van der Waals surface area contributed by atoms with Crippen molar-refractivity contribution in [1.82, 2.24) is 0 Å². The summed E-state index contributed by atoms with van der Waals surface area (Å²) in [6.45, 7) is 10.3. The first kappa shape index (κ1) is 132. The van der Waals surface area contributed by atoms with Crippen molar-refractivity contribution in [3.05, 3.63) is 0 Å². The van der Waals surface area contributed by atoms with Gasteiger partial charge in [-0.05, 0) is 38.5 Å². The number of hydrogen-bond donors (Lipinski definition) is 14. The summed E-state index contributed by atoms with van der Waals surface area (Å²) >= 11 is 0. The smallest absolute Gasteiger partial charge is 0.303 e. The Morgan fingerprint density at radius 2 is 0.200 bits per heavy atom. The van der Waals surface area contributed by atoms with Gasteiger partial charge in [0.15, 0.2) is 0 Å². The lowest BCUT2D eigenvalue weighted by Gasteiger charge is -2.23. The molecule has 20 heteroatoms. The molecule has 0 rings (SSSR count). The number of carbonyl (C=O) groups is 6. The van der Waals surface area contributed by atoms with Crippen LogP contribution in [0.4, 0.5) is 0 Å². The Labute approximate surface area is 738 Å². The van der Waals surface area contributed by atoms with Crippen molar-refractivity contribution in [1.29, 1.82) is 0 Å². The third-order valence-corrected chi connectivity index (χ3v) is 22.1. The quantitative estimate of drug-likeness (QED) is 0.0252. The molecule has 0 atom stereocenters. The van der Waals surface area contributed by atoms with E-state index in [1.165, 1.54) is 385 Å². The fourth-order valence-electron chi connectivity index (χ4n) is 13.3. The fraction of sp³-hybridized carbons (Fsp3) is 0.940. The Balaban J connectivity index is -0.000000201. The third kappa shape index (κ3) is 135. The van der Waals surface area contributed by atoms with E-state index < -0.39 is 99.5 Å². The van der Waals surface area contributed by atoms with E-state index in [1.807, 2.05) is 0 Å². The van der Waals surface area contributed by atoms with Gasteiger partial charge in [-0.1, -0.05) is 465 Å². The average molecular weight is 1730 g/mol. The molecule has 0 aliphatic heterocycles. The summed E-state index contributed by atoms with van der Waals surface area (Å²) in [5, 5.41) is 119. The van der Waals surface area contributed by atoms with E-state index in [0.29, 0.717) is 38.5 Å². The highest BCUT2D eigenvalue weighted by molar-refractivity contribution is 5.68. The minimum absolute atomic E-state index is 0.345. The van der Waals surface area contributed by atoms with Gasteiger partial charge in [0.2, 0.25) is 0 Å². The van der Waals surface area contributed by atoms with Gasteiger partial charge in [-0.3, -0.25) is 28.8 Å². The molecule has 0 fully saturated rings. The van der Waals surface area contributed by atoms with Crippen molar-refractivity contribution in [3.63, 3.8) is 0 Å². The van der Waals surface area contributed by atoms with Crippen molar-refractivity contribution in [2.24, 2.45) is 10.8 Å². The Kier molecular flexibility index (Phi) is 132. The lowest BCUT2D eigenvalue weighted by Crippen LogP contribution is -2.37. The predicted octanol–water partition coefficient (Wildman–Crippen LogP) is 26.9. The Morgan fingerprint density at radius 3 is 0.250 bits per heavy atom. The van der Waals surface area contributed by atoms with Crippen molar-refractivity contribution < 1.29 is 100 Å². The van der Waals surface area contributed by atoms with Crippen molar-refractivity contribution in [3.8, 4) is 0 Å². The molecular formula is C100H204O20. The maximum atomic E-state index is 10.3. The van der Waals surface area contributed by atoms with E-state index in [-0.39, 0.29) is 0 Å². The summed E-state index contributed by atoms with van der Waals surface area (Å²) in [7, 11) is 0. The molecule has 14 N–H and O–H groups in total. The van der Waals surface area contributed by atoms with Crippen LogP contribution in [0.25, 0.3) is 0 Å². The standard InChI is InChI=1S/6C15H30O2.2C5H12O4/c6*1-2-3-4-5-6-7-8-9-10-11-12-13-14-15(16)17;2*6-1-5(2-7,3-8)4-9/h6*2-14H2,1H3,(H,16,17);2*6-9H,1-4H2. The number of unbranched alkanes of at least 4 members (excludes halogenated alkanes) is 66. The number of aliphatic carboxylic acids is 6. The molecule has 0 saturated carbocycles. The Morgan fingerprint density at radius 1 is 0.133 bits per heavy atom. The number of aliphatic hydroxyl groups excluding tert-OH is 8. The fourth-order valence-corrected chi connectivity index (χ4v) is 13.3. The molecule has 0 amide bonds.